The highest BCUT2D eigenvalue weighted by atomic mass is 16.5. The minimum Gasteiger partial charge on any atom is -0.501 e. The molecular weight excluding hydrogens is 212 g/mol. The van der Waals surface area contributed by atoms with Crippen LogP contribution < -0.4 is 0 Å². The average molecular weight is 232 g/mol. The Morgan fingerprint density at radius 1 is 1.29 bits per heavy atom. The lowest BCUT2D eigenvalue weighted by Gasteiger charge is -2.32. The van der Waals surface area contributed by atoms with E-state index in [9.17, 15) is 5.11 Å². The highest BCUT2D eigenvalue weighted by molar-refractivity contribution is 5.32. The van der Waals surface area contributed by atoms with Crippen molar-refractivity contribution in [2.45, 2.75) is 38.2 Å². The molecule has 1 aromatic carbocycles. The normalized spacial score (nSPS) is 19.1. The van der Waals surface area contributed by atoms with E-state index in [1.165, 1.54) is 0 Å². The van der Waals surface area contributed by atoms with E-state index in [0.717, 1.165) is 43.4 Å². The molecule has 92 valence electrons. The Kier molecular flexibility index (Phi) is 3.85. The van der Waals surface area contributed by atoms with Gasteiger partial charge >= 0.3 is 0 Å². The fraction of sp³-hybridized carbons (Fsp3) is 0.467. The van der Waals surface area contributed by atoms with Gasteiger partial charge in [0.15, 0.2) is 0 Å². The van der Waals surface area contributed by atoms with E-state index in [1.54, 1.807) is 6.26 Å². The molecule has 1 atom stereocenters. The molecule has 0 saturated carbocycles. The van der Waals surface area contributed by atoms with E-state index >= 15 is 0 Å². The predicted molar refractivity (Wildman–Crippen MR) is 68.5 cm³/mol. The van der Waals surface area contributed by atoms with E-state index in [0.29, 0.717) is 0 Å². The monoisotopic (exact) mass is 232 g/mol. The van der Waals surface area contributed by atoms with Gasteiger partial charge < -0.3 is 9.84 Å². The maximum atomic E-state index is 11.0. The van der Waals surface area contributed by atoms with Crippen LogP contribution in [0.2, 0.25) is 0 Å². The van der Waals surface area contributed by atoms with Gasteiger partial charge in [0, 0.05) is 5.57 Å². The second-order valence-electron chi connectivity index (χ2n) is 4.59. The Balaban J connectivity index is 2.35. The third kappa shape index (κ3) is 2.52. The standard InChI is InChI=1S/C15H20O2/c1-2-10-15(16,13-7-4-3-5-8-13)14-9-6-11-17-12-14/h3-5,7-8,12,16H,2,6,9-11H2,1H3. The summed E-state index contributed by atoms with van der Waals surface area (Å²) in [5.74, 6) is 0. The summed E-state index contributed by atoms with van der Waals surface area (Å²) in [5, 5.41) is 11.0. The Hall–Kier alpha value is -1.28. The summed E-state index contributed by atoms with van der Waals surface area (Å²) in [6.45, 7) is 2.86. The Bertz CT molecular complexity index is 383. The van der Waals surface area contributed by atoms with Crippen molar-refractivity contribution in [2.75, 3.05) is 6.61 Å². The summed E-state index contributed by atoms with van der Waals surface area (Å²) in [7, 11) is 0. The zero-order chi connectivity index (χ0) is 12.1. The smallest absolute Gasteiger partial charge is 0.114 e. The summed E-state index contributed by atoms with van der Waals surface area (Å²) in [6.07, 6.45) is 5.36. The first-order chi connectivity index (χ1) is 8.27. The summed E-state index contributed by atoms with van der Waals surface area (Å²) in [5.41, 5.74) is 1.13. The quantitative estimate of drug-likeness (QED) is 0.862. The van der Waals surface area contributed by atoms with Gasteiger partial charge in [-0.1, -0.05) is 43.7 Å². The van der Waals surface area contributed by atoms with Gasteiger partial charge in [-0.3, -0.25) is 0 Å². The molecule has 0 spiro atoms. The van der Waals surface area contributed by atoms with Crippen LogP contribution in [0.4, 0.5) is 0 Å². The van der Waals surface area contributed by atoms with Crippen LogP contribution in [0.25, 0.3) is 0 Å². The van der Waals surface area contributed by atoms with E-state index < -0.39 is 5.60 Å². The maximum Gasteiger partial charge on any atom is 0.114 e. The molecule has 2 rings (SSSR count). The van der Waals surface area contributed by atoms with Gasteiger partial charge in [-0.05, 0) is 24.8 Å². The van der Waals surface area contributed by atoms with Crippen molar-refractivity contribution in [1.29, 1.82) is 0 Å². The molecule has 0 aromatic heterocycles. The van der Waals surface area contributed by atoms with E-state index in [1.807, 2.05) is 30.3 Å². The summed E-state index contributed by atoms with van der Waals surface area (Å²) >= 11 is 0. The summed E-state index contributed by atoms with van der Waals surface area (Å²) < 4.78 is 5.37. The topological polar surface area (TPSA) is 29.5 Å². The van der Waals surface area contributed by atoms with Crippen molar-refractivity contribution in [3.8, 4) is 0 Å². The zero-order valence-corrected chi connectivity index (χ0v) is 10.4. The molecule has 1 aliphatic heterocycles. The molecule has 17 heavy (non-hydrogen) atoms. The molecule has 0 fully saturated rings. The van der Waals surface area contributed by atoms with Crippen molar-refractivity contribution in [1.82, 2.24) is 0 Å². The van der Waals surface area contributed by atoms with E-state index in [2.05, 4.69) is 6.92 Å². The van der Waals surface area contributed by atoms with Crippen molar-refractivity contribution >= 4 is 0 Å². The third-order valence-electron chi connectivity index (χ3n) is 3.33. The molecule has 0 aliphatic carbocycles. The maximum absolute atomic E-state index is 11.0. The van der Waals surface area contributed by atoms with Crippen LogP contribution in [0, 0.1) is 0 Å². The first-order valence-electron chi connectivity index (χ1n) is 6.36. The van der Waals surface area contributed by atoms with Crippen LogP contribution in [0.1, 0.15) is 38.2 Å². The van der Waals surface area contributed by atoms with Crippen LogP contribution in [-0.4, -0.2) is 11.7 Å². The fourth-order valence-corrected chi connectivity index (χ4v) is 2.43. The van der Waals surface area contributed by atoms with Crippen LogP contribution in [0.3, 0.4) is 0 Å². The van der Waals surface area contributed by atoms with E-state index in [-0.39, 0.29) is 0 Å². The highest BCUT2D eigenvalue weighted by Crippen LogP contribution is 2.37. The molecule has 1 heterocycles. The van der Waals surface area contributed by atoms with Gasteiger partial charge in [0.25, 0.3) is 0 Å². The van der Waals surface area contributed by atoms with Crippen molar-refractivity contribution in [3.63, 3.8) is 0 Å². The second-order valence-corrected chi connectivity index (χ2v) is 4.59. The van der Waals surface area contributed by atoms with Crippen LogP contribution >= 0.6 is 0 Å². The first kappa shape index (κ1) is 12.2. The van der Waals surface area contributed by atoms with Crippen molar-refractivity contribution < 1.29 is 9.84 Å². The van der Waals surface area contributed by atoms with Crippen LogP contribution in [-0.2, 0) is 10.3 Å². The third-order valence-corrected chi connectivity index (χ3v) is 3.33. The molecule has 1 N–H and O–H groups in total. The van der Waals surface area contributed by atoms with Crippen molar-refractivity contribution in [2.24, 2.45) is 0 Å². The Morgan fingerprint density at radius 2 is 2.06 bits per heavy atom. The minimum absolute atomic E-state index is 0.742. The SMILES string of the molecule is CCCC(O)(C1=COCCC1)c1ccccc1. The lowest BCUT2D eigenvalue weighted by atomic mass is 9.80. The lowest BCUT2D eigenvalue weighted by molar-refractivity contribution is 0.0502. The molecule has 1 aromatic rings. The van der Waals surface area contributed by atoms with Crippen LogP contribution in [0.5, 0.6) is 0 Å². The number of hydrogen-bond acceptors (Lipinski definition) is 2. The number of benzene rings is 1. The number of ether oxygens (including phenoxy) is 1. The second kappa shape index (κ2) is 5.37. The predicted octanol–water partition coefficient (Wildman–Crippen LogP) is 3.37. The molecule has 0 radical (unpaired) electrons. The minimum atomic E-state index is -0.851. The molecule has 0 amide bonds. The van der Waals surface area contributed by atoms with Crippen LogP contribution in [0.15, 0.2) is 42.2 Å². The fourth-order valence-electron chi connectivity index (χ4n) is 2.43. The lowest BCUT2D eigenvalue weighted by Crippen LogP contribution is -2.29. The molecule has 0 saturated heterocycles. The molecule has 1 unspecified atom stereocenters. The molecular formula is C15H20O2. The van der Waals surface area contributed by atoms with Gasteiger partial charge in [0.2, 0.25) is 0 Å². The number of hydrogen-bond donors (Lipinski definition) is 1. The van der Waals surface area contributed by atoms with Crippen molar-refractivity contribution in [3.05, 3.63) is 47.7 Å². The molecule has 0 bridgehead atoms. The number of rotatable bonds is 4. The summed E-state index contributed by atoms with van der Waals surface area (Å²) in [6, 6.07) is 9.90. The van der Waals surface area contributed by atoms with Gasteiger partial charge in [-0.2, -0.15) is 0 Å². The van der Waals surface area contributed by atoms with E-state index in [4.69, 9.17) is 4.74 Å². The first-order valence-corrected chi connectivity index (χ1v) is 6.36. The van der Waals surface area contributed by atoms with Gasteiger partial charge in [-0.15, -0.1) is 0 Å². The molecule has 2 heteroatoms. The highest BCUT2D eigenvalue weighted by Gasteiger charge is 2.33. The molecule has 2 nitrogen and oxygen atoms in total. The van der Waals surface area contributed by atoms with Gasteiger partial charge in [0.05, 0.1) is 12.9 Å². The summed E-state index contributed by atoms with van der Waals surface area (Å²) in [4.78, 5) is 0. The number of aliphatic hydroxyl groups is 1. The zero-order valence-electron chi connectivity index (χ0n) is 10.4. The van der Waals surface area contributed by atoms with Gasteiger partial charge in [-0.25, -0.2) is 0 Å². The average Bonchev–Trinajstić information content (AvgIpc) is 2.41. The van der Waals surface area contributed by atoms with Gasteiger partial charge in [0.1, 0.15) is 5.60 Å². The Labute approximate surface area is 103 Å². The molecule has 1 aliphatic rings. The Morgan fingerprint density at radius 3 is 2.65 bits per heavy atom. The largest absolute Gasteiger partial charge is 0.501 e.